The number of aromatic nitrogens is 1. The molecule has 0 N–H and O–H groups in total. The number of para-hydroxylation sites is 1. The highest BCUT2D eigenvalue weighted by atomic mass is 32.2. The van der Waals surface area contributed by atoms with Gasteiger partial charge in [0.05, 0.1) is 41.0 Å². The molecular weight excluding hydrogens is 556 g/mol. The second-order valence-corrected chi connectivity index (χ2v) is 12.8. The molecule has 1 heterocycles. The Bertz CT molecular complexity index is 1830. The average molecular weight is 591 g/mol. The van der Waals surface area contributed by atoms with Crippen LogP contribution in [0.3, 0.4) is 0 Å². The third-order valence-electron chi connectivity index (χ3n) is 8.23. The van der Waals surface area contributed by atoms with Crippen molar-refractivity contribution < 1.29 is 17.9 Å². The van der Waals surface area contributed by atoms with Gasteiger partial charge in [0, 0.05) is 16.9 Å². The number of nitrogens with zero attached hydrogens (tertiary/aromatic N) is 2. The molecule has 0 spiro atoms. The fourth-order valence-electron chi connectivity index (χ4n) is 6.07. The van der Waals surface area contributed by atoms with Crippen LogP contribution in [0, 0.1) is 0 Å². The molecule has 0 atom stereocenters. The van der Waals surface area contributed by atoms with Crippen molar-refractivity contribution in [3.63, 3.8) is 0 Å². The van der Waals surface area contributed by atoms with E-state index in [1.165, 1.54) is 42.1 Å². The lowest BCUT2D eigenvalue weighted by atomic mass is 9.82. The summed E-state index contributed by atoms with van der Waals surface area (Å²) in [6, 6.07) is 33.4. The Morgan fingerprint density at radius 3 is 2.12 bits per heavy atom. The van der Waals surface area contributed by atoms with Crippen LogP contribution in [0.2, 0.25) is 0 Å². The number of sulfonamides is 1. The first-order valence-electron chi connectivity index (χ1n) is 14.7. The maximum Gasteiger partial charge on any atom is 0.337 e. The number of fused-ring (bicyclic) bond motifs is 1. The summed E-state index contributed by atoms with van der Waals surface area (Å²) >= 11 is 0. The molecule has 43 heavy (non-hydrogen) atoms. The van der Waals surface area contributed by atoms with Crippen LogP contribution < -0.4 is 4.31 Å². The van der Waals surface area contributed by atoms with Crippen molar-refractivity contribution >= 4 is 32.6 Å². The standard InChI is InChI=1S/C36H34N2O4S/c1-42-36(39)29-21-23-30(24-22-29)43(40,41)38(25-26-13-5-2-6-14-26)35-31-19-11-12-20-32(31)37-34(28-17-9-4-10-18-28)33(35)27-15-7-3-8-16-27/h2-3,5-8,11-16,19-24,28H,4,9-10,17-18,25H2,1H3. The predicted octanol–water partition coefficient (Wildman–Crippen LogP) is 8.13. The topological polar surface area (TPSA) is 76.6 Å². The van der Waals surface area contributed by atoms with Crippen molar-refractivity contribution in [2.75, 3.05) is 11.4 Å². The molecule has 5 aromatic rings. The molecule has 6 nitrogen and oxygen atoms in total. The van der Waals surface area contributed by atoms with Gasteiger partial charge in [-0.15, -0.1) is 0 Å². The van der Waals surface area contributed by atoms with Gasteiger partial charge in [-0.3, -0.25) is 9.29 Å². The number of hydrogen-bond donors (Lipinski definition) is 0. The zero-order chi connectivity index (χ0) is 29.8. The van der Waals surface area contributed by atoms with E-state index in [0.29, 0.717) is 5.69 Å². The minimum Gasteiger partial charge on any atom is -0.465 e. The van der Waals surface area contributed by atoms with Gasteiger partial charge in [-0.1, -0.05) is 98.1 Å². The minimum atomic E-state index is -4.12. The van der Waals surface area contributed by atoms with Gasteiger partial charge in [0.25, 0.3) is 10.0 Å². The van der Waals surface area contributed by atoms with Gasteiger partial charge in [0.15, 0.2) is 0 Å². The fourth-order valence-corrected chi connectivity index (χ4v) is 7.56. The number of carbonyl (C=O) groups excluding carboxylic acids is 1. The Balaban J connectivity index is 1.65. The van der Waals surface area contributed by atoms with Crippen LogP contribution in [0.25, 0.3) is 22.0 Å². The van der Waals surface area contributed by atoms with Crippen molar-refractivity contribution in [3.8, 4) is 11.1 Å². The van der Waals surface area contributed by atoms with Crippen molar-refractivity contribution in [3.05, 3.63) is 126 Å². The summed E-state index contributed by atoms with van der Waals surface area (Å²) in [6.07, 6.45) is 5.49. The Labute approximate surface area is 253 Å². The minimum absolute atomic E-state index is 0.0928. The van der Waals surface area contributed by atoms with Crippen molar-refractivity contribution in [1.82, 2.24) is 4.98 Å². The van der Waals surface area contributed by atoms with Gasteiger partial charge in [0.1, 0.15) is 0 Å². The smallest absolute Gasteiger partial charge is 0.337 e. The van der Waals surface area contributed by atoms with Gasteiger partial charge in [-0.25, -0.2) is 13.2 Å². The molecule has 1 fully saturated rings. The van der Waals surface area contributed by atoms with E-state index in [1.54, 1.807) is 0 Å². The summed E-state index contributed by atoms with van der Waals surface area (Å²) in [7, 11) is -2.81. The average Bonchev–Trinajstić information content (AvgIpc) is 3.07. The molecule has 1 saturated carbocycles. The molecule has 4 aromatic carbocycles. The molecule has 1 aliphatic rings. The number of anilines is 1. The molecule has 1 aromatic heterocycles. The lowest BCUT2D eigenvalue weighted by molar-refractivity contribution is 0.0600. The highest BCUT2D eigenvalue weighted by molar-refractivity contribution is 7.92. The first kappa shape index (κ1) is 28.6. The van der Waals surface area contributed by atoms with E-state index >= 15 is 0 Å². The lowest BCUT2D eigenvalue weighted by Gasteiger charge is -2.32. The van der Waals surface area contributed by atoms with Gasteiger partial charge < -0.3 is 4.74 Å². The molecule has 7 heteroatoms. The fraction of sp³-hybridized carbons (Fsp3) is 0.222. The van der Waals surface area contributed by atoms with Gasteiger partial charge in [-0.05, 0) is 54.3 Å². The van der Waals surface area contributed by atoms with Crippen LogP contribution in [-0.2, 0) is 21.3 Å². The summed E-state index contributed by atoms with van der Waals surface area (Å²) in [5, 5.41) is 0.770. The normalized spacial score (nSPS) is 14.0. The van der Waals surface area contributed by atoms with Crippen molar-refractivity contribution in [1.29, 1.82) is 0 Å². The van der Waals surface area contributed by atoms with Crippen LogP contribution in [0.4, 0.5) is 5.69 Å². The molecule has 0 aliphatic heterocycles. The molecule has 0 saturated heterocycles. The number of rotatable bonds is 8. The predicted molar refractivity (Wildman–Crippen MR) is 171 cm³/mol. The quantitative estimate of drug-likeness (QED) is 0.171. The number of methoxy groups -OCH3 is 1. The van der Waals surface area contributed by atoms with Gasteiger partial charge >= 0.3 is 5.97 Å². The number of pyridine rings is 1. The molecule has 0 radical (unpaired) electrons. The van der Waals surface area contributed by atoms with Crippen LogP contribution in [0.1, 0.15) is 59.6 Å². The molecule has 1 aliphatic carbocycles. The van der Waals surface area contributed by atoms with E-state index in [1.807, 2.05) is 84.9 Å². The number of hydrogen-bond acceptors (Lipinski definition) is 5. The summed E-state index contributed by atoms with van der Waals surface area (Å²) in [5.41, 5.74) is 5.29. The summed E-state index contributed by atoms with van der Waals surface area (Å²) < 4.78 is 36.0. The maximum absolute atomic E-state index is 14.8. The van der Waals surface area contributed by atoms with Crippen LogP contribution in [0.15, 0.2) is 114 Å². The van der Waals surface area contributed by atoms with Crippen LogP contribution in [-0.4, -0.2) is 26.5 Å². The Kier molecular flexibility index (Phi) is 8.25. The number of ether oxygens (including phenoxy) is 1. The third-order valence-corrected chi connectivity index (χ3v) is 9.99. The second-order valence-electron chi connectivity index (χ2n) is 11.0. The van der Waals surface area contributed by atoms with E-state index in [2.05, 4.69) is 0 Å². The molecule has 218 valence electrons. The number of benzene rings is 4. The highest BCUT2D eigenvalue weighted by Gasteiger charge is 2.33. The second kappa shape index (κ2) is 12.4. The van der Waals surface area contributed by atoms with Crippen LogP contribution in [0.5, 0.6) is 0 Å². The lowest BCUT2D eigenvalue weighted by Crippen LogP contribution is -2.32. The SMILES string of the molecule is COC(=O)c1ccc(S(=O)(=O)N(Cc2ccccc2)c2c(-c3ccccc3)c(C3CCCCC3)nc3ccccc23)cc1. The van der Waals surface area contributed by atoms with E-state index in [9.17, 15) is 13.2 Å². The summed E-state index contributed by atoms with van der Waals surface area (Å²) in [4.78, 5) is 17.5. The first-order chi connectivity index (χ1) is 21.0. The Morgan fingerprint density at radius 2 is 1.44 bits per heavy atom. The molecular formula is C36H34N2O4S. The zero-order valence-electron chi connectivity index (χ0n) is 24.1. The molecule has 0 bridgehead atoms. The molecule has 6 rings (SSSR count). The van der Waals surface area contributed by atoms with Crippen molar-refractivity contribution in [2.24, 2.45) is 0 Å². The number of carbonyl (C=O) groups is 1. The molecule has 0 unspecified atom stereocenters. The summed E-state index contributed by atoms with van der Waals surface area (Å²) in [6.45, 7) is 0.125. The van der Waals surface area contributed by atoms with E-state index in [0.717, 1.165) is 59.0 Å². The number of esters is 1. The van der Waals surface area contributed by atoms with E-state index < -0.39 is 16.0 Å². The van der Waals surface area contributed by atoms with Gasteiger partial charge in [-0.2, -0.15) is 0 Å². The van der Waals surface area contributed by atoms with E-state index in [-0.39, 0.29) is 22.9 Å². The first-order valence-corrected chi connectivity index (χ1v) is 16.1. The van der Waals surface area contributed by atoms with Crippen molar-refractivity contribution in [2.45, 2.75) is 49.5 Å². The third kappa shape index (κ3) is 5.77. The highest BCUT2D eigenvalue weighted by Crippen LogP contribution is 2.46. The van der Waals surface area contributed by atoms with Gasteiger partial charge in [0.2, 0.25) is 0 Å². The van der Waals surface area contributed by atoms with Crippen LogP contribution >= 0.6 is 0 Å². The Hall–Kier alpha value is -4.49. The van der Waals surface area contributed by atoms with E-state index in [4.69, 9.17) is 9.72 Å². The largest absolute Gasteiger partial charge is 0.465 e. The monoisotopic (exact) mass is 590 g/mol. The Morgan fingerprint density at radius 1 is 0.814 bits per heavy atom. The maximum atomic E-state index is 14.8. The summed E-state index contributed by atoms with van der Waals surface area (Å²) in [5.74, 6) is -0.290. The molecule has 0 amide bonds. The zero-order valence-corrected chi connectivity index (χ0v) is 25.0.